The fourth-order valence-corrected chi connectivity index (χ4v) is 9.16. The fourth-order valence-electron chi connectivity index (χ4n) is 9.16. The van der Waals surface area contributed by atoms with Crippen molar-refractivity contribution in [2.24, 2.45) is 0 Å². The van der Waals surface area contributed by atoms with Gasteiger partial charge >= 0.3 is 0 Å². The van der Waals surface area contributed by atoms with Crippen LogP contribution < -0.4 is 5.32 Å². The number of ether oxygens (including phenoxy) is 6. The van der Waals surface area contributed by atoms with Crippen molar-refractivity contribution >= 4 is 5.91 Å². The maximum atomic E-state index is 13.2. The molecule has 466 valence electrons. The minimum atomic E-state index is -1.98. The largest absolute Gasteiger partial charge is 0.394 e. The normalized spacial score (nSPS) is 30.5. The molecule has 12 N–H and O–H groups in total. The first-order valence-corrected chi connectivity index (χ1v) is 29.8. The van der Waals surface area contributed by atoms with Gasteiger partial charge in [-0.1, -0.05) is 161 Å². The molecule has 19 heteroatoms. The summed E-state index contributed by atoms with van der Waals surface area (Å²) >= 11 is 0. The van der Waals surface area contributed by atoms with Crippen molar-refractivity contribution in [2.75, 3.05) is 26.4 Å². The van der Waals surface area contributed by atoms with E-state index < -0.39 is 124 Å². The zero-order valence-electron chi connectivity index (χ0n) is 48.4. The molecule has 0 bridgehead atoms. The van der Waals surface area contributed by atoms with Gasteiger partial charge in [-0.3, -0.25) is 4.79 Å². The molecule has 0 aromatic carbocycles. The van der Waals surface area contributed by atoms with Crippen LogP contribution >= 0.6 is 0 Å². The van der Waals surface area contributed by atoms with E-state index in [0.717, 1.165) is 96.3 Å². The molecular weight excluding hydrogens is 1060 g/mol. The predicted molar refractivity (Wildman–Crippen MR) is 313 cm³/mol. The lowest BCUT2D eigenvalue weighted by Crippen LogP contribution is -2.66. The lowest BCUT2D eigenvalue weighted by molar-refractivity contribution is -0.379. The van der Waals surface area contributed by atoms with Crippen molar-refractivity contribution in [3.05, 3.63) is 122 Å². The van der Waals surface area contributed by atoms with Crippen LogP contribution in [0.4, 0.5) is 0 Å². The Kier molecular flexibility index (Phi) is 39.4. The number of allylic oxidation sites excluding steroid dienone is 20. The first-order chi connectivity index (χ1) is 39.8. The first kappa shape index (κ1) is 72.4. The van der Waals surface area contributed by atoms with Gasteiger partial charge in [0.1, 0.15) is 73.2 Å². The molecule has 3 saturated heterocycles. The second-order valence-corrected chi connectivity index (χ2v) is 20.7. The lowest BCUT2D eigenvalue weighted by atomic mass is 9.96. The summed E-state index contributed by atoms with van der Waals surface area (Å²) < 4.78 is 34.0. The lowest BCUT2D eigenvalue weighted by Gasteiger charge is -2.48. The Bertz CT molecular complexity index is 1960. The molecule has 0 aromatic rings. The zero-order valence-corrected chi connectivity index (χ0v) is 48.4. The third-order valence-corrected chi connectivity index (χ3v) is 14.1. The predicted octanol–water partition coefficient (Wildman–Crippen LogP) is 5.31. The third-order valence-electron chi connectivity index (χ3n) is 14.1. The van der Waals surface area contributed by atoms with E-state index in [0.29, 0.717) is 19.3 Å². The third kappa shape index (κ3) is 27.9. The number of hydrogen-bond acceptors (Lipinski definition) is 18. The molecule has 17 unspecified atom stereocenters. The summed E-state index contributed by atoms with van der Waals surface area (Å²) in [6.07, 6.45) is 32.6. The summed E-state index contributed by atoms with van der Waals surface area (Å²) in [5.41, 5.74) is 0. The summed E-state index contributed by atoms with van der Waals surface area (Å²) in [6, 6.07) is -0.915. The molecule has 19 nitrogen and oxygen atoms in total. The van der Waals surface area contributed by atoms with Crippen LogP contribution in [0.15, 0.2) is 122 Å². The van der Waals surface area contributed by atoms with Gasteiger partial charge in [0.25, 0.3) is 0 Å². The maximum absolute atomic E-state index is 13.2. The van der Waals surface area contributed by atoms with E-state index in [-0.39, 0.29) is 18.9 Å². The molecule has 0 spiro atoms. The zero-order chi connectivity index (χ0) is 59.7. The summed E-state index contributed by atoms with van der Waals surface area (Å²) in [5.74, 6) is -0.302. The highest BCUT2D eigenvalue weighted by Crippen LogP contribution is 2.33. The quantitative estimate of drug-likeness (QED) is 0.0273. The minimum absolute atomic E-state index is 0.200. The summed E-state index contributed by atoms with van der Waals surface area (Å²) in [4.78, 5) is 13.2. The Morgan fingerprint density at radius 1 is 0.451 bits per heavy atom. The van der Waals surface area contributed by atoms with Gasteiger partial charge < -0.3 is 89.9 Å². The van der Waals surface area contributed by atoms with Crippen LogP contribution in [-0.2, 0) is 33.2 Å². The van der Waals surface area contributed by atoms with Crippen molar-refractivity contribution in [3.8, 4) is 0 Å². The molecule has 17 atom stereocenters. The molecule has 0 radical (unpaired) electrons. The smallest absolute Gasteiger partial charge is 0.220 e. The van der Waals surface area contributed by atoms with Gasteiger partial charge in [0.05, 0.1) is 38.6 Å². The average molecular weight is 1160 g/mol. The molecule has 0 saturated carbocycles. The van der Waals surface area contributed by atoms with E-state index in [1.165, 1.54) is 0 Å². The number of rotatable bonds is 41. The summed E-state index contributed by atoms with van der Waals surface area (Å²) in [5, 5.41) is 119. The standard InChI is InChI=1S/C63H101NO18/c1-3-5-7-9-10-11-12-13-14-15-16-17-18-19-20-21-22-23-24-25-26-27-28-29-30-31-32-33-34-35-36-37-39-41-51(69)64-46(47(68)40-38-8-6-4-2)45-77-61-57(75)54(72)59(49(43-66)79-61)82-63-58(76)55(73)60(50(44-67)80-63)81-62-56(74)53(71)52(70)48(42-65)78-62/h5,7,10-11,13-14,16-17,19-20,22-23,25-26,28-29,31-32,34-35,46-50,52-63,65-68,70-76H,3-4,6,8-9,12,15,18,21,24,27,30,33,36-45H2,1-2H3,(H,64,69)/b7-5-,11-10-,14-13-,17-16-,20-19-,23-22-,26-25-,29-28-,32-31-,35-34-. The summed E-state index contributed by atoms with van der Waals surface area (Å²) in [7, 11) is 0. The molecule has 82 heavy (non-hydrogen) atoms. The fraction of sp³-hybridized carbons (Fsp3) is 0.667. The number of unbranched alkanes of at least 4 members (excludes halogenated alkanes) is 5. The van der Waals surface area contributed by atoms with Gasteiger partial charge in [-0.15, -0.1) is 0 Å². The number of amides is 1. The highest BCUT2D eigenvalue weighted by molar-refractivity contribution is 5.76. The van der Waals surface area contributed by atoms with Gasteiger partial charge in [-0.2, -0.15) is 0 Å². The van der Waals surface area contributed by atoms with Gasteiger partial charge in [-0.25, -0.2) is 0 Å². The van der Waals surface area contributed by atoms with Crippen LogP contribution in [-0.4, -0.2) is 193 Å². The van der Waals surface area contributed by atoms with Crippen molar-refractivity contribution < 1.29 is 89.4 Å². The van der Waals surface area contributed by atoms with Crippen molar-refractivity contribution in [2.45, 2.75) is 240 Å². The van der Waals surface area contributed by atoms with Crippen LogP contribution in [0.5, 0.6) is 0 Å². The van der Waals surface area contributed by atoms with Crippen LogP contribution in [0.2, 0.25) is 0 Å². The molecule has 0 aromatic heterocycles. The molecule has 1 amide bonds. The van der Waals surface area contributed by atoms with Crippen molar-refractivity contribution in [3.63, 3.8) is 0 Å². The van der Waals surface area contributed by atoms with Gasteiger partial charge in [0.2, 0.25) is 5.91 Å². The highest BCUT2D eigenvalue weighted by Gasteiger charge is 2.53. The second-order valence-electron chi connectivity index (χ2n) is 20.7. The van der Waals surface area contributed by atoms with E-state index in [4.69, 9.17) is 28.4 Å². The van der Waals surface area contributed by atoms with Gasteiger partial charge in [0, 0.05) is 6.42 Å². The molecule has 3 rings (SSSR count). The van der Waals surface area contributed by atoms with Crippen molar-refractivity contribution in [1.82, 2.24) is 5.32 Å². The second kappa shape index (κ2) is 44.6. The van der Waals surface area contributed by atoms with Gasteiger partial charge in [-0.05, 0) is 89.9 Å². The molecule has 0 aliphatic carbocycles. The number of aliphatic hydroxyl groups is 11. The Morgan fingerprint density at radius 3 is 1.27 bits per heavy atom. The number of hydrogen-bond donors (Lipinski definition) is 12. The number of carbonyl (C=O) groups is 1. The van der Waals surface area contributed by atoms with E-state index >= 15 is 0 Å². The molecular formula is C63H101NO18. The molecule has 3 fully saturated rings. The number of aliphatic hydroxyl groups excluding tert-OH is 11. The average Bonchev–Trinajstić information content (AvgIpc) is 3.49. The minimum Gasteiger partial charge on any atom is -0.394 e. The van der Waals surface area contributed by atoms with E-state index in [2.05, 4.69) is 141 Å². The number of nitrogens with one attached hydrogen (secondary N) is 1. The van der Waals surface area contributed by atoms with E-state index in [1.807, 2.05) is 0 Å². The van der Waals surface area contributed by atoms with Crippen molar-refractivity contribution in [1.29, 1.82) is 0 Å². The van der Waals surface area contributed by atoms with E-state index in [1.54, 1.807) is 0 Å². The summed E-state index contributed by atoms with van der Waals surface area (Å²) in [6.45, 7) is 1.45. The maximum Gasteiger partial charge on any atom is 0.220 e. The Hall–Kier alpha value is -3.81. The van der Waals surface area contributed by atoms with Crippen LogP contribution in [0.1, 0.15) is 136 Å². The molecule has 3 heterocycles. The first-order valence-electron chi connectivity index (χ1n) is 29.8. The number of carbonyl (C=O) groups excluding carboxylic acids is 1. The molecule has 3 aliphatic rings. The Morgan fingerprint density at radius 2 is 0.841 bits per heavy atom. The van der Waals surface area contributed by atoms with Crippen LogP contribution in [0.25, 0.3) is 0 Å². The van der Waals surface area contributed by atoms with Crippen LogP contribution in [0, 0.1) is 0 Å². The van der Waals surface area contributed by atoms with Crippen LogP contribution in [0.3, 0.4) is 0 Å². The van der Waals surface area contributed by atoms with Gasteiger partial charge in [0.15, 0.2) is 18.9 Å². The highest BCUT2D eigenvalue weighted by atomic mass is 16.8. The Labute approximate surface area is 487 Å². The van der Waals surface area contributed by atoms with E-state index in [9.17, 15) is 61.0 Å². The topological polar surface area (TPSA) is 307 Å². The monoisotopic (exact) mass is 1160 g/mol. The Balaban J connectivity index is 1.35. The SMILES string of the molecule is CC/C=C\C/C=C\C/C=C\C/C=C\C/C=C\C/C=C\C/C=C\C/C=C\C/C=C\C/C=C\CCCCC(=O)NC(COC1OC(CO)C(OC2OC(CO)C(OC3OC(CO)C(O)C(O)C3O)C(O)C2O)C(O)C1O)C(O)CCCCCC. The molecule has 3 aliphatic heterocycles.